The fourth-order valence-electron chi connectivity index (χ4n) is 2.83. The number of hydrogen-bond acceptors (Lipinski definition) is 1. The Morgan fingerprint density at radius 2 is 1.81 bits per heavy atom. The second-order valence-corrected chi connectivity index (χ2v) is 7.02. The average Bonchev–Trinajstić information content (AvgIpc) is 2.40. The molecule has 0 spiro atoms. The molecule has 0 N–H and O–H groups in total. The van der Waals surface area contributed by atoms with Crippen molar-refractivity contribution in [1.29, 1.82) is 0 Å². The zero-order chi connectivity index (χ0) is 14.3. The minimum absolute atomic E-state index is 0. The van der Waals surface area contributed by atoms with Crippen LogP contribution in [0.15, 0.2) is 40.9 Å². The summed E-state index contributed by atoms with van der Waals surface area (Å²) in [7, 11) is 2.12. The van der Waals surface area contributed by atoms with E-state index in [-0.39, 0.29) is 12.4 Å². The number of nitrogens with zero attached hydrogens (tertiary/aromatic N) is 1. The number of fused-ring (bicyclic) bond motifs is 1. The van der Waals surface area contributed by atoms with Crippen molar-refractivity contribution in [1.82, 2.24) is 4.90 Å². The molecule has 1 unspecified atom stereocenters. The van der Waals surface area contributed by atoms with E-state index >= 15 is 0 Å². The van der Waals surface area contributed by atoms with Crippen molar-refractivity contribution in [3.63, 3.8) is 0 Å². The number of rotatable bonds is 1. The van der Waals surface area contributed by atoms with Gasteiger partial charge in [0.05, 0.1) is 0 Å². The van der Waals surface area contributed by atoms with Crippen LogP contribution in [0.2, 0.25) is 10.0 Å². The molecule has 0 radical (unpaired) electrons. The van der Waals surface area contributed by atoms with E-state index in [0.717, 1.165) is 22.6 Å². The summed E-state index contributed by atoms with van der Waals surface area (Å²) in [6.07, 6.45) is 0. The third-order valence-electron chi connectivity index (χ3n) is 3.76. The molecular formula is C16H15BrCl3N. The van der Waals surface area contributed by atoms with Crippen molar-refractivity contribution in [3.8, 4) is 0 Å². The van der Waals surface area contributed by atoms with E-state index in [1.54, 1.807) is 0 Å². The van der Waals surface area contributed by atoms with Gasteiger partial charge in [-0.05, 0) is 48.0 Å². The van der Waals surface area contributed by atoms with E-state index in [1.165, 1.54) is 16.7 Å². The highest BCUT2D eigenvalue weighted by Crippen LogP contribution is 2.38. The highest BCUT2D eigenvalue weighted by molar-refractivity contribution is 9.10. The summed E-state index contributed by atoms with van der Waals surface area (Å²) >= 11 is 16.0. The summed E-state index contributed by atoms with van der Waals surface area (Å²) in [5.41, 5.74) is 3.74. The maximum atomic E-state index is 6.37. The Morgan fingerprint density at radius 3 is 2.48 bits per heavy atom. The highest BCUT2D eigenvalue weighted by atomic mass is 79.9. The number of halogens is 4. The van der Waals surface area contributed by atoms with Crippen LogP contribution in [-0.4, -0.2) is 18.5 Å². The summed E-state index contributed by atoms with van der Waals surface area (Å²) < 4.78 is 1.09. The molecule has 0 aliphatic carbocycles. The molecule has 0 saturated heterocycles. The van der Waals surface area contributed by atoms with Gasteiger partial charge in [0.2, 0.25) is 0 Å². The smallest absolute Gasteiger partial charge is 0.0468 e. The second-order valence-electron chi connectivity index (χ2n) is 5.26. The minimum atomic E-state index is 0. The SMILES string of the molecule is CN1Cc2c(Cl)cc(Cl)cc2C(c2ccc(Br)cc2)C1.Cl. The van der Waals surface area contributed by atoms with Crippen molar-refractivity contribution < 1.29 is 0 Å². The van der Waals surface area contributed by atoms with Crippen LogP contribution in [0.25, 0.3) is 0 Å². The standard InChI is InChI=1S/C16H14BrCl2N.ClH/c1-20-8-14(10-2-4-11(17)5-3-10)13-6-12(18)7-16(19)15(13)9-20;/h2-7,14H,8-9H2,1H3;1H. The van der Waals surface area contributed by atoms with Gasteiger partial charge in [-0.3, -0.25) is 0 Å². The molecule has 3 rings (SSSR count). The first-order valence-corrected chi connectivity index (χ1v) is 8.01. The van der Waals surface area contributed by atoms with Crippen LogP contribution in [0, 0.1) is 0 Å². The van der Waals surface area contributed by atoms with Crippen LogP contribution in [0.5, 0.6) is 0 Å². The highest BCUT2D eigenvalue weighted by Gasteiger charge is 2.26. The van der Waals surface area contributed by atoms with Crippen LogP contribution in [-0.2, 0) is 6.54 Å². The predicted molar refractivity (Wildman–Crippen MR) is 96.0 cm³/mol. The molecule has 1 aliphatic heterocycles. The number of benzene rings is 2. The summed E-state index contributed by atoms with van der Waals surface area (Å²) in [6, 6.07) is 12.4. The van der Waals surface area contributed by atoms with Gasteiger partial charge in [-0.2, -0.15) is 0 Å². The van der Waals surface area contributed by atoms with Gasteiger partial charge in [-0.25, -0.2) is 0 Å². The average molecular weight is 408 g/mol. The van der Waals surface area contributed by atoms with E-state index in [1.807, 2.05) is 6.07 Å². The molecule has 0 fully saturated rings. The van der Waals surface area contributed by atoms with Gasteiger partial charge >= 0.3 is 0 Å². The van der Waals surface area contributed by atoms with Gasteiger partial charge in [0.25, 0.3) is 0 Å². The fraction of sp³-hybridized carbons (Fsp3) is 0.250. The van der Waals surface area contributed by atoms with Crippen LogP contribution in [0.3, 0.4) is 0 Å². The Morgan fingerprint density at radius 1 is 1.14 bits per heavy atom. The molecule has 0 amide bonds. The third kappa shape index (κ3) is 3.57. The first-order chi connectivity index (χ1) is 9.54. The second kappa shape index (κ2) is 6.89. The Bertz CT molecular complexity index is 643. The molecule has 2 aromatic rings. The maximum absolute atomic E-state index is 6.37. The van der Waals surface area contributed by atoms with Gasteiger partial charge in [0, 0.05) is 33.5 Å². The molecule has 1 atom stereocenters. The van der Waals surface area contributed by atoms with Gasteiger partial charge in [0.1, 0.15) is 0 Å². The van der Waals surface area contributed by atoms with Crippen LogP contribution in [0.1, 0.15) is 22.6 Å². The van der Waals surface area contributed by atoms with Gasteiger partial charge < -0.3 is 4.90 Å². The molecule has 5 heteroatoms. The van der Waals surface area contributed by atoms with E-state index in [4.69, 9.17) is 23.2 Å². The topological polar surface area (TPSA) is 3.24 Å². The Hall–Kier alpha value is -0.250. The molecule has 21 heavy (non-hydrogen) atoms. The molecule has 0 aromatic heterocycles. The van der Waals surface area contributed by atoms with Gasteiger partial charge in [-0.15, -0.1) is 12.4 Å². The summed E-state index contributed by atoms with van der Waals surface area (Å²) in [5.74, 6) is 0.313. The van der Waals surface area contributed by atoms with Gasteiger partial charge in [-0.1, -0.05) is 51.3 Å². The van der Waals surface area contributed by atoms with Gasteiger partial charge in [0.15, 0.2) is 0 Å². The van der Waals surface area contributed by atoms with Crippen molar-refractivity contribution in [2.24, 2.45) is 0 Å². The lowest BCUT2D eigenvalue weighted by molar-refractivity contribution is 0.295. The normalized spacial score (nSPS) is 18.0. The lowest BCUT2D eigenvalue weighted by atomic mass is 9.85. The van der Waals surface area contributed by atoms with Crippen LogP contribution >= 0.6 is 51.5 Å². The zero-order valence-corrected chi connectivity index (χ0v) is 15.4. The predicted octanol–water partition coefficient (Wildman–Crippen LogP) is 5.76. The molecule has 112 valence electrons. The summed E-state index contributed by atoms with van der Waals surface area (Å²) in [4.78, 5) is 2.30. The summed E-state index contributed by atoms with van der Waals surface area (Å²) in [5, 5.41) is 1.47. The molecule has 0 saturated carbocycles. The zero-order valence-electron chi connectivity index (χ0n) is 11.4. The maximum Gasteiger partial charge on any atom is 0.0468 e. The fourth-order valence-corrected chi connectivity index (χ4v) is 3.66. The third-order valence-corrected chi connectivity index (χ3v) is 4.85. The monoisotopic (exact) mass is 405 g/mol. The molecule has 2 aromatic carbocycles. The first kappa shape index (κ1) is 17.1. The van der Waals surface area contributed by atoms with Crippen LogP contribution < -0.4 is 0 Å². The van der Waals surface area contributed by atoms with E-state index in [2.05, 4.69) is 58.2 Å². The molecule has 1 nitrogen and oxygen atoms in total. The molecule has 1 heterocycles. The Kier molecular flexibility index (Phi) is 5.61. The summed E-state index contributed by atoms with van der Waals surface area (Å²) in [6.45, 7) is 1.85. The lowest BCUT2D eigenvalue weighted by Gasteiger charge is -2.33. The molecule has 0 bridgehead atoms. The first-order valence-electron chi connectivity index (χ1n) is 6.46. The van der Waals surface area contributed by atoms with E-state index in [0.29, 0.717) is 10.9 Å². The Labute approximate surface area is 149 Å². The van der Waals surface area contributed by atoms with Crippen LogP contribution in [0.4, 0.5) is 0 Å². The van der Waals surface area contributed by atoms with Crippen molar-refractivity contribution in [2.75, 3.05) is 13.6 Å². The number of hydrogen-bond donors (Lipinski definition) is 0. The minimum Gasteiger partial charge on any atom is -0.301 e. The van der Waals surface area contributed by atoms with Crippen molar-refractivity contribution >= 4 is 51.5 Å². The van der Waals surface area contributed by atoms with E-state index < -0.39 is 0 Å². The molecule has 1 aliphatic rings. The van der Waals surface area contributed by atoms with E-state index in [9.17, 15) is 0 Å². The Balaban J connectivity index is 0.00000161. The molecular weight excluding hydrogens is 392 g/mol. The lowest BCUT2D eigenvalue weighted by Crippen LogP contribution is -2.31. The van der Waals surface area contributed by atoms with Crippen molar-refractivity contribution in [3.05, 3.63) is 67.6 Å². The quantitative estimate of drug-likeness (QED) is 0.581. The van der Waals surface area contributed by atoms with Crippen molar-refractivity contribution in [2.45, 2.75) is 12.5 Å². The number of likely N-dealkylation sites (N-methyl/N-ethyl adjacent to an activating group) is 1. The largest absolute Gasteiger partial charge is 0.301 e.